The van der Waals surface area contributed by atoms with Gasteiger partial charge in [-0.15, -0.1) is 13.2 Å². The number of amides is 3. The molecule has 1 saturated heterocycles. The average Bonchev–Trinajstić information content (AvgIpc) is 2.57. The molecule has 8 nitrogen and oxygen atoms in total. The molecule has 0 bridgehead atoms. The van der Waals surface area contributed by atoms with Crippen LogP contribution in [0.4, 0.5) is 18.0 Å². The average molecular weight is 384 g/mol. The van der Waals surface area contributed by atoms with E-state index in [0.717, 1.165) is 12.1 Å². The monoisotopic (exact) mass is 384 g/mol. The van der Waals surface area contributed by atoms with Gasteiger partial charge in [0.05, 0.1) is 6.20 Å². The van der Waals surface area contributed by atoms with Gasteiger partial charge in [-0.3, -0.25) is 15.0 Å². The fourth-order valence-corrected chi connectivity index (χ4v) is 2.06. The van der Waals surface area contributed by atoms with Crippen molar-refractivity contribution >= 4 is 24.7 Å². The van der Waals surface area contributed by atoms with Gasteiger partial charge in [0, 0.05) is 24.7 Å². The van der Waals surface area contributed by atoms with Crippen LogP contribution in [0, 0.1) is 0 Å². The summed E-state index contributed by atoms with van der Waals surface area (Å²) in [6.07, 6.45) is -3.42. The van der Waals surface area contributed by atoms with Crippen LogP contribution < -0.4 is 14.8 Å². The second kappa shape index (κ2) is 8.34. The Hall–Kier alpha value is -3.37. The first-order chi connectivity index (χ1) is 12.7. The molecule has 0 radical (unpaired) electrons. The van der Waals surface area contributed by atoms with Crippen molar-refractivity contribution in [2.45, 2.75) is 19.7 Å². The summed E-state index contributed by atoms with van der Waals surface area (Å²) in [7, 11) is 0. The van der Waals surface area contributed by atoms with Crippen molar-refractivity contribution < 1.29 is 32.2 Å². The zero-order chi connectivity index (χ0) is 20.0. The van der Waals surface area contributed by atoms with Crippen molar-refractivity contribution in [3.05, 3.63) is 36.2 Å². The fourth-order valence-electron chi connectivity index (χ4n) is 2.06. The smallest absolute Gasteiger partial charge is 0.424 e. The van der Waals surface area contributed by atoms with Gasteiger partial charge < -0.3 is 9.47 Å². The first kappa shape index (κ1) is 19.9. The van der Waals surface area contributed by atoms with Crippen molar-refractivity contribution in [2.75, 3.05) is 6.54 Å². The van der Waals surface area contributed by atoms with Gasteiger partial charge in [-0.05, 0) is 25.8 Å². The van der Waals surface area contributed by atoms with Crippen molar-refractivity contribution in [1.82, 2.24) is 10.2 Å². The summed E-state index contributed by atoms with van der Waals surface area (Å²) in [5.41, 5.74) is 0.402. The number of allylic oxidation sites excluding steroid dienone is 1. The third kappa shape index (κ3) is 6.13. The predicted molar refractivity (Wildman–Crippen MR) is 89.4 cm³/mol. The third-order valence-corrected chi connectivity index (χ3v) is 3.23. The summed E-state index contributed by atoms with van der Waals surface area (Å²) in [4.78, 5) is 31.6. The Morgan fingerprint density at radius 2 is 2.04 bits per heavy atom. The van der Waals surface area contributed by atoms with Gasteiger partial charge in [0.15, 0.2) is 0 Å². The molecule has 0 atom stereocenters. The molecule has 1 aliphatic rings. The molecule has 1 aromatic rings. The lowest BCUT2D eigenvalue weighted by molar-refractivity contribution is -0.274. The first-order valence-corrected chi connectivity index (χ1v) is 7.54. The van der Waals surface area contributed by atoms with Crippen LogP contribution in [0.15, 0.2) is 46.1 Å². The number of urea groups is 1. The lowest BCUT2D eigenvalue weighted by Crippen LogP contribution is -2.48. The van der Waals surface area contributed by atoms with Crippen LogP contribution in [0.3, 0.4) is 0 Å². The molecule has 27 heavy (non-hydrogen) atoms. The molecule has 1 heterocycles. The van der Waals surface area contributed by atoms with E-state index >= 15 is 0 Å². The van der Waals surface area contributed by atoms with E-state index < -0.39 is 18.1 Å². The highest BCUT2D eigenvalue weighted by Crippen LogP contribution is 2.26. The third-order valence-electron chi connectivity index (χ3n) is 3.23. The van der Waals surface area contributed by atoms with Crippen LogP contribution in [-0.2, 0) is 4.79 Å². The van der Waals surface area contributed by atoms with Crippen LogP contribution in [0.1, 0.15) is 13.3 Å². The molecular formula is C16H15F3N4O4. The number of hydrogen-bond donors (Lipinski definition) is 1. The van der Waals surface area contributed by atoms with E-state index in [-0.39, 0.29) is 30.6 Å². The van der Waals surface area contributed by atoms with Crippen molar-refractivity contribution in [3.63, 3.8) is 0 Å². The van der Waals surface area contributed by atoms with Crippen molar-refractivity contribution in [3.8, 4) is 11.5 Å². The molecule has 0 aromatic heterocycles. The minimum Gasteiger partial charge on any atom is -0.424 e. The van der Waals surface area contributed by atoms with Gasteiger partial charge in [-0.1, -0.05) is 6.07 Å². The van der Waals surface area contributed by atoms with Crippen molar-refractivity contribution in [1.29, 1.82) is 0 Å². The lowest BCUT2D eigenvalue weighted by atomic mass is 10.3. The summed E-state index contributed by atoms with van der Waals surface area (Å²) in [6, 6.07) is 3.96. The number of nitrogens with one attached hydrogen (secondary N) is 1. The number of nitrogens with zero attached hydrogens (tertiary/aromatic N) is 3. The molecule has 2 rings (SSSR count). The number of carbonyl (C=O) groups excluding carboxylic acids is 2. The van der Waals surface area contributed by atoms with Gasteiger partial charge >= 0.3 is 18.4 Å². The Morgan fingerprint density at radius 1 is 1.33 bits per heavy atom. The zero-order valence-corrected chi connectivity index (χ0v) is 14.1. The van der Waals surface area contributed by atoms with Gasteiger partial charge in [0.25, 0.3) is 0 Å². The Kier molecular flexibility index (Phi) is 6.16. The minimum absolute atomic E-state index is 0.00438. The van der Waals surface area contributed by atoms with Crippen molar-refractivity contribution in [2.24, 2.45) is 9.98 Å². The number of alkyl halides is 3. The maximum absolute atomic E-state index is 12.3. The van der Waals surface area contributed by atoms with Crippen LogP contribution >= 0.6 is 0 Å². The maximum atomic E-state index is 12.3. The molecule has 1 fully saturated rings. The zero-order valence-electron chi connectivity index (χ0n) is 14.1. The number of rotatable bonds is 4. The summed E-state index contributed by atoms with van der Waals surface area (Å²) >= 11 is 0. The highest BCUT2D eigenvalue weighted by Gasteiger charge is 2.31. The minimum atomic E-state index is -4.83. The van der Waals surface area contributed by atoms with E-state index in [1.807, 2.05) is 0 Å². The van der Waals surface area contributed by atoms with Gasteiger partial charge in [-0.25, -0.2) is 14.8 Å². The Labute approximate surface area is 152 Å². The molecule has 3 amide bonds. The largest absolute Gasteiger partial charge is 0.573 e. The molecule has 1 N–H and O–H groups in total. The van der Waals surface area contributed by atoms with E-state index in [9.17, 15) is 22.8 Å². The molecule has 0 aliphatic carbocycles. The SMILES string of the molecule is C=N/C(=N\C=C(/C)N1CCC(=O)NC1=O)Oc1cccc(OC(F)(F)F)c1. The summed E-state index contributed by atoms with van der Waals surface area (Å²) in [5, 5.41) is 2.16. The number of benzene rings is 1. The number of imide groups is 1. The highest BCUT2D eigenvalue weighted by molar-refractivity contribution is 5.97. The molecule has 144 valence electrons. The normalized spacial score (nSPS) is 16.1. The topological polar surface area (TPSA) is 92.6 Å². The fraction of sp³-hybridized carbons (Fsp3) is 0.250. The maximum Gasteiger partial charge on any atom is 0.573 e. The Morgan fingerprint density at radius 3 is 2.67 bits per heavy atom. The number of carbonyl (C=O) groups is 2. The van der Waals surface area contributed by atoms with E-state index in [2.05, 4.69) is 26.8 Å². The molecule has 1 aromatic carbocycles. The number of halogens is 3. The van der Waals surface area contributed by atoms with Gasteiger partial charge in [0.1, 0.15) is 11.5 Å². The summed E-state index contributed by atoms with van der Waals surface area (Å²) in [5.74, 6) is -0.842. The van der Waals surface area contributed by atoms with Crippen LogP contribution in [0.25, 0.3) is 0 Å². The van der Waals surface area contributed by atoms with E-state index in [4.69, 9.17) is 4.74 Å². The number of hydrogen-bond acceptors (Lipinski definition) is 5. The number of amidine groups is 1. The second-order valence-electron chi connectivity index (χ2n) is 5.22. The standard InChI is InChI=1S/C16H15F3N4O4/c1-10(23-7-6-13(24)22-15(23)25)9-21-14(20-2)26-11-4-3-5-12(8-11)27-16(17,18)19/h3-5,8-9H,2,6-7H2,1H3,(H,22,24,25)/b10-9+,21-14+. The van der Waals surface area contributed by atoms with Crippen LogP contribution in [-0.4, -0.2) is 42.5 Å². The number of aliphatic imine (C=N–C) groups is 2. The molecule has 0 spiro atoms. The van der Waals surface area contributed by atoms with Crippen LogP contribution in [0.5, 0.6) is 11.5 Å². The highest BCUT2D eigenvalue weighted by atomic mass is 19.4. The van der Waals surface area contributed by atoms with E-state index in [1.165, 1.54) is 23.2 Å². The Bertz CT molecular complexity index is 805. The van der Waals surface area contributed by atoms with Gasteiger partial charge in [-0.2, -0.15) is 0 Å². The Balaban J connectivity index is 2.10. The molecule has 11 heteroatoms. The first-order valence-electron chi connectivity index (χ1n) is 7.54. The number of ether oxygens (including phenoxy) is 2. The molecule has 1 aliphatic heterocycles. The second-order valence-corrected chi connectivity index (χ2v) is 5.22. The van der Waals surface area contributed by atoms with Gasteiger partial charge in [0.2, 0.25) is 5.91 Å². The lowest BCUT2D eigenvalue weighted by Gasteiger charge is -2.26. The van der Waals surface area contributed by atoms with E-state index in [1.54, 1.807) is 6.92 Å². The molecule has 0 saturated carbocycles. The predicted octanol–water partition coefficient (Wildman–Crippen LogP) is 2.82. The van der Waals surface area contributed by atoms with Crippen LogP contribution in [0.2, 0.25) is 0 Å². The summed E-state index contributed by atoms with van der Waals surface area (Å²) < 4.78 is 45.8. The quantitative estimate of drug-likeness (QED) is 0.638. The summed E-state index contributed by atoms with van der Waals surface area (Å²) in [6.45, 7) is 5.04. The molecular weight excluding hydrogens is 369 g/mol. The molecule has 0 unspecified atom stereocenters. The van der Waals surface area contributed by atoms with E-state index in [0.29, 0.717) is 5.70 Å².